The second-order valence-corrected chi connectivity index (χ2v) is 5.40. The zero-order valence-electron chi connectivity index (χ0n) is 13.0. The first-order chi connectivity index (χ1) is 10.5. The van der Waals surface area contributed by atoms with Gasteiger partial charge in [0.1, 0.15) is 5.76 Å². The fourth-order valence-corrected chi connectivity index (χ4v) is 2.12. The Morgan fingerprint density at radius 3 is 2.41 bits per heavy atom. The Hall–Kier alpha value is -2.40. The smallest absolute Gasteiger partial charge is 0.292 e. The van der Waals surface area contributed by atoms with Gasteiger partial charge in [0.25, 0.3) is 5.91 Å². The molecule has 1 atom stereocenters. The summed E-state index contributed by atoms with van der Waals surface area (Å²) in [7, 11) is 3.78. The minimum absolute atomic E-state index is 0.121. The Kier molecular flexibility index (Phi) is 5.12. The molecule has 0 radical (unpaired) electrons. The Morgan fingerprint density at radius 2 is 1.86 bits per heavy atom. The van der Waals surface area contributed by atoms with Crippen molar-refractivity contribution in [2.75, 3.05) is 20.6 Å². The average Bonchev–Trinajstić information content (AvgIpc) is 3.01. The van der Waals surface area contributed by atoms with Gasteiger partial charge >= 0.3 is 0 Å². The molecular weight excluding hydrogens is 280 g/mol. The predicted octanol–water partition coefficient (Wildman–Crippen LogP) is 2.19. The lowest BCUT2D eigenvalue weighted by Crippen LogP contribution is -2.37. The number of hydrogen-bond donors (Lipinski definition) is 1. The number of furan rings is 1. The van der Waals surface area contributed by atoms with Crippen molar-refractivity contribution in [2.45, 2.75) is 13.0 Å². The van der Waals surface area contributed by atoms with Gasteiger partial charge < -0.3 is 9.73 Å². The Balaban J connectivity index is 1.99. The number of Topliss-reactive ketones (excluding diaryl/α,β-unsaturated/α-hetero) is 1. The van der Waals surface area contributed by atoms with Crippen LogP contribution in [-0.4, -0.2) is 37.2 Å². The van der Waals surface area contributed by atoms with Crippen molar-refractivity contribution in [1.82, 2.24) is 10.2 Å². The molecule has 1 aromatic heterocycles. The molecule has 0 fully saturated rings. The highest BCUT2D eigenvalue weighted by Gasteiger charge is 2.21. The molecule has 0 aliphatic rings. The third-order valence-electron chi connectivity index (χ3n) is 3.47. The van der Waals surface area contributed by atoms with E-state index in [9.17, 15) is 9.59 Å². The van der Waals surface area contributed by atoms with Crippen LogP contribution in [0.15, 0.2) is 47.1 Å². The molecule has 1 heterocycles. The van der Waals surface area contributed by atoms with Crippen LogP contribution in [0, 0.1) is 6.92 Å². The molecule has 22 heavy (non-hydrogen) atoms. The SMILES string of the molecule is Cc1ccc(C(=O)C(=O)NCC(c2ccco2)N(C)C)cc1. The Bertz CT molecular complexity index is 630. The lowest BCUT2D eigenvalue weighted by atomic mass is 10.1. The quantitative estimate of drug-likeness (QED) is 0.656. The minimum Gasteiger partial charge on any atom is -0.468 e. The molecule has 0 saturated heterocycles. The van der Waals surface area contributed by atoms with Crippen molar-refractivity contribution in [2.24, 2.45) is 0 Å². The van der Waals surface area contributed by atoms with Crippen LogP contribution in [0.3, 0.4) is 0 Å². The van der Waals surface area contributed by atoms with E-state index >= 15 is 0 Å². The molecule has 1 N–H and O–H groups in total. The van der Waals surface area contributed by atoms with Gasteiger partial charge in [-0.2, -0.15) is 0 Å². The van der Waals surface area contributed by atoms with Crippen molar-refractivity contribution < 1.29 is 14.0 Å². The number of nitrogens with zero attached hydrogens (tertiary/aromatic N) is 1. The maximum Gasteiger partial charge on any atom is 0.292 e. The second kappa shape index (κ2) is 7.04. The van der Waals surface area contributed by atoms with Gasteiger partial charge in [-0.05, 0) is 33.2 Å². The zero-order chi connectivity index (χ0) is 16.1. The van der Waals surface area contributed by atoms with Gasteiger partial charge in [-0.3, -0.25) is 14.5 Å². The van der Waals surface area contributed by atoms with E-state index in [1.54, 1.807) is 24.5 Å². The molecular formula is C17H20N2O3. The second-order valence-electron chi connectivity index (χ2n) is 5.40. The molecule has 0 aliphatic carbocycles. The van der Waals surface area contributed by atoms with Gasteiger partial charge in [0, 0.05) is 12.1 Å². The summed E-state index contributed by atoms with van der Waals surface area (Å²) in [6.07, 6.45) is 1.59. The summed E-state index contributed by atoms with van der Waals surface area (Å²) in [6, 6.07) is 10.5. The van der Waals surface area contributed by atoms with E-state index in [4.69, 9.17) is 4.42 Å². The van der Waals surface area contributed by atoms with Gasteiger partial charge in [-0.15, -0.1) is 0 Å². The Labute approximate surface area is 129 Å². The van der Waals surface area contributed by atoms with Crippen molar-refractivity contribution in [1.29, 1.82) is 0 Å². The van der Waals surface area contributed by atoms with Crippen LogP contribution in [0.4, 0.5) is 0 Å². The standard InChI is InChI=1S/C17H20N2O3/c1-12-6-8-13(9-7-12)16(20)17(21)18-11-14(19(2)3)15-5-4-10-22-15/h4-10,14H,11H2,1-3H3,(H,18,21). The fraction of sp³-hybridized carbons (Fsp3) is 0.294. The number of carbonyl (C=O) groups is 2. The number of hydrogen-bond acceptors (Lipinski definition) is 4. The van der Waals surface area contributed by atoms with Crippen molar-refractivity contribution in [3.05, 3.63) is 59.5 Å². The van der Waals surface area contributed by atoms with Crippen LogP contribution in [0.5, 0.6) is 0 Å². The summed E-state index contributed by atoms with van der Waals surface area (Å²) in [5, 5.41) is 2.68. The van der Waals surface area contributed by atoms with E-state index in [-0.39, 0.29) is 6.04 Å². The summed E-state index contributed by atoms with van der Waals surface area (Å²) in [6.45, 7) is 2.23. The van der Waals surface area contributed by atoms with Crippen LogP contribution in [-0.2, 0) is 4.79 Å². The van der Waals surface area contributed by atoms with Gasteiger partial charge in [-0.25, -0.2) is 0 Å². The Morgan fingerprint density at radius 1 is 1.18 bits per heavy atom. The molecule has 5 nitrogen and oxygen atoms in total. The molecule has 0 bridgehead atoms. The molecule has 5 heteroatoms. The largest absolute Gasteiger partial charge is 0.468 e. The fourth-order valence-electron chi connectivity index (χ4n) is 2.12. The number of ketones is 1. The maximum absolute atomic E-state index is 12.1. The lowest BCUT2D eigenvalue weighted by molar-refractivity contribution is -0.117. The third kappa shape index (κ3) is 3.83. The number of amides is 1. The molecule has 1 amide bonds. The van der Waals surface area contributed by atoms with Gasteiger partial charge in [0.2, 0.25) is 5.78 Å². The molecule has 2 aromatic rings. The minimum atomic E-state index is -0.609. The van der Waals surface area contributed by atoms with E-state index < -0.39 is 11.7 Å². The number of carbonyl (C=O) groups excluding carboxylic acids is 2. The number of benzene rings is 1. The highest BCUT2D eigenvalue weighted by atomic mass is 16.3. The van der Waals surface area contributed by atoms with E-state index in [1.807, 2.05) is 44.1 Å². The van der Waals surface area contributed by atoms with Gasteiger partial charge in [0.05, 0.1) is 12.3 Å². The lowest BCUT2D eigenvalue weighted by Gasteiger charge is -2.22. The average molecular weight is 300 g/mol. The van der Waals surface area contributed by atoms with Crippen LogP contribution in [0.1, 0.15) is 27.7 Å². The monoisotopic (exact) mass is 300 g/mol. The highest BCUT2D eigenvalue weighted by molar-refractivity contribution is 6.42. The third-order valence-corrected chi connectivity index (χ3v) is 3.47. The molecule has 0 spiro atoms. The summed E-state index contributed by atoms with van der Waals surface area (Å²) in [4.78, 5) is 26.0. The molecule has 1 aromatic carbocycles. The summed E-state index contributed by atoms with van der Waals surface area (Å²) < 4.78 is 5.37. The van der Waals surface area contributed by atoms with Crippen LogP contribution in [0.25, 0.3) is 0 Å². The van der Waals surface area contributed by atoms with Crippen LogP contribution < -0.4 is 5.32 Å². The molecule has 2 rings (SSSR count). The predicted molar refractivity (Wildman–Crippen MR) is 83.7 cm³/mol. The number of likely N-dealkylation sites (N-methyl/N-ethyl adjacent to an activating group) is 1. The van der Waals surface area contributed by atoms with E-state index in [2.05, 4.69) is 5.32 Å². The maximum atomic E-state index is 12.1. The summed E-state index contributed by atoms with van der Waals surface area (Å²) in [5.41, 5.74) is 1.44. The summed E-state index contributed by atoms with van der Waals surface area (Å²) >= 11 is 0. The highest BCUT2D eigenvalue weighted by Crippen LogP contribution is 2.17. The van der Waals surface area contributed by atoms with Crippen molar-refractivity contribution in [3.63, 3.8) is 0 Å². The van der Waals surface area contributed by atoms with E-state index in [0.717, 1.165) is 11.3 Å². The first-order valence-corrected chi connectivity index (χ1v) is 7.08. The molecule has 1 unspecified atom stereocenters. The molecule has 0 saturated carbocycles. The number of rotatable bonds is 6. The first-order valence-electron chi connectivity index (χ1n) is 7.08. The zero-order valence-corrected chi connectivity index (χ0v) is 13.0. The molecule has 0 aliphatic heterocycles. The first kappa shape index (κ1) is 16.0. The van der Waals surface area contributed by atoms with Crippen LogP contribution >= 0.6 is 0 Å². The number of aryl methyl sites for hydroxylation is 1. The van der Waals surface area contributed by atoms with Crippen molar-refractivity contribution in [3.8, 4) is 0 Å². The van der Waals surface area contributed by atoms with E-state index in [1.165, 1.54) is 0 Å². The van der Waals surface area contributed by atoms with Crippen LogP contribution in [0.2, 0.25) is 0 Å². The number of nitrogens with one attached hydrogen (secondary N) is 1. The van der Waals surface area contributed by atoms with Gasteiger partial charge in [0.15, 0.2) is 0 Å². The summed E-state index contributed by atoms with van der Waals surface area (Å²) in [5.74, 6) is -0.396. The topological polar surface area (TPSA) is 62.6 Å². The van der Waals surface area contributed by atoms with Gasteiger partial charge in [-0.1, -0.05) is 29.8 Å². The molecule has 116 valence electrons. The van der Waals surface area contributed by atoms with E-state index in [0.29, 0.717) is 12.1 Å². The normalized spacial score (nSPS) is 12.2. The van der Waals surface area contributed by atoms with Crippen molar-refractivity contribution >= 4 is 11.7 Å².